The molecule has 0 amide bonds. The molecule has 0 saturated carbocycles. The van der Waals surface area contributed by atoms with Crippen LogP contribution in [0.5, 0.6) is 0 Å². The van der Waals surface area contributed by atoms with Crippen LogP contribution in [0.25, 0.3) is 0 Å². The predicted molar refractivity (Wildman–Crippen MR) is 69.0 cm³/mol. The van der Waals surface area contributed by atoms with E-state index in [4.69, 9.17) is 0 Å². The second-order valence-corrected chi connectivity index (χ2v) is 5.38. The molecule has 0 bridgehead atoms. The highest BCUT2D eigenvalue weighted by Gasteiger charge is 2.39. The number of aryl methyl sites for hydroxylation is 1. The number of hydrogen-bond donors (Lipinski definition) is 1. The van der Waals surface area contributed by atoms with E-state index >= 15 is 0 Å². The van der Waals surface area contributed by atoms with Crippen molar-refractivity contribution in [3.05, 3.63) is 29.6 Å². The van der Waals surface area contributed by atoms with Gasteiger partial charge in [-0.25, -0.2) is 0 Å². The standard InChI is InChI=1S/C14H22N2O/c1-4-12-5-6-13(15-9-12)8-14(17)7-11(2)16(3)10-14/h5-6,9,11,17H,4,7-8,10H2,1-3H3. The van der Waals surface area contributed by atoms with Gasteiger partial charge in [-0.05, 0) is 38.4 Å². The summed E-state index contributed by atoms with van der Waals surface area (Å²) in [5.74, 6) is 0. The van der Waals surface area contributed by atoms with Crippen LogP contribution in [0, 0.1) is 0 Å². The van der Waals surface area contributed by atoms with Crippen LogP contribution in [-0.2, 0) is 12.8 Å². The molecule has 1 N–H and O–H groups in total. The van der Waals surface area contributed by atoms with Gasteiger partial charge in [0.15, 0.2) is 0 Å². The van der Waals surface area contributed by atoms with Crippen molar-refractivity contribution in [3.63, 3.8) is 0 Å². The lowest BCUT2D eigenvalue weighted by molar-refractivity contribution is 0.0511. The summed E-state index contributed by atoms with van der Waals surface area (Å²) >= 11 is 0. The van der Waals surface area contributed by atoms with Crippen molar-refractivity contribution in [2.24, 2.45) is 0 Å². The SMILES string of the molecule is CCc1ccc(CC2(O)CC(C)N(C)C2)nc1. The Labute approximate surface area is 103 Å². The Bertz CT molecular complexity index is 364. The van der Waals surface area contributed by atoms with Crippen LogP contribution in [-0.4, -0.2) is 40.2 Å². The van der Waals surface area contributed by atoms with E-state index in [1.165, 1.54) is 5.56 Å². The maximum Gasteiger partial charge on any atom is 0.0844 e. The molecule has 1 aromatic heterocycles. The predicted octanol–water partition coefficient (Wildman–Crippen LogP) is 1.64. The summed E-state index contributed by atoms with van der Waals surface area (Å²) < 4.78 is 0. The van der Waals surface area contributed by atoms with Crippen LogP contribution < -0.4 is 0 Å². The third-order valence-corrected chi connectivity index (χ3v) is 3.78. The van der Waals surface area contributed by atoms with Crippen LogP contribution in [0.1, 0.15) is 31.5 Å². The maximum absolute atomic E-state index is 10.5. The largest absolute Gasteiger partial charge is 0.388 e. The van der Waals surface area contributed by atoms with Crippen molar-refractivity contribution >= 4 is 0 Å². The number of nitrogens with zero attached hydrogens (tertiary/aromatic N) is 2. The first-order valence-electron chi connectivity index (χ1n) is 6.39. The van der Waals surface area contributed by atoms with E-state index in [2.05, 4.69) is 36.8 Å². The summed E-state index contributed by atoms with van der Waals surface area (Å²) in [5, 5.41) is 10.5. The quantitative estimate of drug-likeness (QED) is 0.864. The number of aliphatic hydroxyl groups is 1. The van der Waals surface area contributed by atoms with E-state index in [1.807, 2.05) is 12.3 Å². The van der Waals surface area contributed by atoms with Crippen LogP contribution in [0.15, 0.2) is 18.3 Å². The molecule has 1 saturated heterocycles. The maximum atomic E-state index is 10.5. The minimum Gasteiger partial charge on any atom is -0.388 e. The molecule has 1 aliphatic rings. The monoisotopic (exact) mass is 234 g/mol. The average Bonchev–Trinajstić information content (AvgIpc) is 2.53. The fourth-order valence-electron chi connectivity index (χ4n) is 2.62. The van der Waals surface area contributed by atoms with Gasteiger partial charge in [0, 0.05) is 30.9 Å². The summed E-state index contributed by atoms with van der Waals surface area (Å²) in [6.07, 6.45) is 4.42. The lowest BCUT2D eigenvalue weighted by Crippen LogP contribution is -2.34. The number of rotatable bonds is 3. The van der Waals surface area contributed by atoms with Crippen molar-refractivity contribution in [1.29, 1.82) is 0 Å². The van der Waals surface area contributed by atoms with Crippen molar-refractivity contribution in [2.45, 2.75) is 44.8 Å². The number of aromatic nitrogens is 1. The normalized spacial score (nSPS) is 29.8. The molecule has 0 spiro atoms. The highest BCUT2D eigenvalue weighted by atomic mass is 16.3. The molecule has 0 aromatic carbocycles. The Hall–Kier alpha value is -0.930. The topological polar surface area (TPSA) is 36.4 Å². The van der Waals surface area contributed by atoms with Crippen LogP contribution >= 0.6 is 0 Å². The molecule has 2 unspecified atom stereocenters. The van der Waals surface area contributed by atoms with Gasteiger partial charge >= 0.3 is 0 Å². The minimum atomic E-state index is -0.602. The van der Waals surface area contributed by atoms with Gasteiger partial charge in [0.2, 0.25) is 0 Å². The second-order valence-electron chi connectivity index (χ2n) is 5.38. The van der Waals surface area contributed by atoms with Crippen LogP contribution in [0.3, 0.4) is 0 Å². The molecule has 2 heterocycles. The van der Waals surface area contributed by atoms with E-state index in [-0.39, 0.29) is 0 Å². The molecule has 3 nitrogen and oxygen atoms in total. The summed E-state index contributed by atoms with van der Waals surface area (Å²) in [6.45, 7) is 5.02. The fourth-order valence-corrected chi connectivity index (χ4v) is 2.62. The second kappa shape index (κ2) is 4.75. The molecule has 1 fully saturated rings. The van der Waals surface area contributed by atoms with E-state index in [0.29, 0.717) is 12.5 Å². The van der Waals surface area contributed by atoms with Crippen molar-refractivity contribution in [2.75, 3.05) is 13.6 Å². The third-order valence-electron chi connectivity index (χ3n) is 3.78. The van der Waals surface area contributed by atoms with Gasteiger partial charge < -0.3 is 10.0 Å². The lowest BCUT2D eigenvalue weighted by Gasteiger charge is -2.21. The Morgan fingerprint density at radius 3 is 2.76 bits per heavy atom. The Balaban J connectivity index is 2.05. The molecule has 1 aliphatic heterocycles. The van der Waals surface area contributed by atoms with Crippen molar-refractivity contribution in [1.82, 2.24) is 9.88 Å². The summed E-state index contributed by atoms with van der Waals surface area (Å²) in [6, 6.07) is 4.60. The summed E-state index contributed by atoms with van der Waals surface area (Å²) in [4.78, 5) is 6.64. The summed E-state index contributed by atoms with van der Waals surface area (Å²) in [7, 11) is 2.07. The van der Waals surface area contributed by atoms with E-state index < -0.39 is 5.60 Å². The smallest absolute Gasteiger partial charge is 0.0844 e. The number of likely N-dealkylation sites (tertiary alicyclic amines) is 1. The molecule has 0 aliphatic carbocycles. The average molecular weight is 234 g/mol. The van der Waals surface area contributed by atoms with Crippen molar-refractivity contribution in [3.8, 4) is 0 Å². The minimum absolute atomic E-state index is 0.454. The highest BCUT2D eigenvalue weighted by molar-refractivity contribution is 5.16. The van der Waals surface area contributed by atoms with Gasteiger partial charge in [0.1, 0.15) is 0 Å². The molecule has 17 heavy (non-hydrogen) atoms. The summed E-state index contributed by atoms with van der Waals surface area (Å²) in [5.41, 5.74) is 1.64. The van der Waals surface area contributed by atoms with Gasteiger partial charge in [0.05, 0.1) is 5.60 Å². The van der Waals surface area contributed by atoms with Gasteiger partial charge in [0.25, 0.3) is 0 Å². The molecular formula is C14H22N2O. The van der Waals surface area contributed by atoms with E-state index in [9.17, 15) is 5.11 Å². The van der Waals surface area contributed by atoms with Gasteiger partial charge in [-0.3, -0.25) is 4.98 Å². The molecular weight excluding hydrogens is 212 g/mol. The number of β-amino-alcohol motifs (C(OH)–C–C–N with tert-alkyl or cyclic N) is 1. The first-order valence-corrected chi connectivity index (χ1v) is 6.39. The molecule has 3 heteroatoms. The first-order chi connectivity index (χ1) is 8.02. The molecule has 0 radical (unpaired) electrons. The third kappa shape index (κ3) is 2.85. The van der Waals surface area contributed by atoms with E-state index in [0.717, 1.165) is 25.1 Å². The fraction of sp³-hybridized carbons (Fsp3) is 0.643. The van der Waals surface area contributed by atoms with E-state index in [1.54, 1.807) is 0 Å². The molecule has 2 atom stereocenters. The first kappa shape index (κ1) is 12.5. The Morgan fingerprint density at radius 2 is 2.29 bits per heavy atom. The molecule has 1 aromatic rings. The molecule has 2 rings (SSSR count). The Kier molecular flexibility index (Phi) is 3.50. The van der Waals surface area contributed by atoms with Gasteiger partial charge in [-0.15, -0.1) is 0 Å². The number of hydrogen-bond acceptors (Lipinski definition) is 3. The van der Waals surface area contributed by atoms with Crippen LogP contribution in [0.2, 0.25) is 0 Å². The zero-order valence-electron chi connectivity index (χ0n) is 11.0. The van der Waals surface area contributed by atoms with Gasteiger partial charge in [-0.1, -0.05) is 13.0 Å². The molecule has 94 valence electrons. The number of likely N-dealkylation sites (N-methyl/N-ethyl adjacent to an activating group) is 1. The zero-order chi connectivity index (χ0) is 12.5. The van der Waals surface area contributed by atoms with Crippen LogP contribution in [0.4, 0.5) is 0 Å². The van der Waals surface area contributed by atoms with Crippen molar-refractivity contribution < 1.29 is 5.11 Å². The lowest BCUT2D eigenvalue weighted by atomic mass is 9.94. The highest BCUT2D eigenvalue weighted by Crippen LogP contribution is 2.28. The number of pyridine rings is 1. The Morgan fingerprint density at radius 1 is 1.53 bits per heavy atom. The van der Waals surface area contributed by atoms with Gasteiger partial charge in [-0.2, -0.15) is 0 Å². The zero-order valence-corrected chi connectivity index (χ0v) is 11.0.